The van der Waals surface area contributed by atoms with Gasteiger partial charge in [0.25, 0.3) is 11.1 Å². The van der Waals surface area contributed by atoms with Crippen LogP contribution in [0.1, 0.15) is 11.1 Å². The molecule has 0 atom stereocenters. The third-order valence-electron chi connectivity index (χ3n) is 4.11. The summed E-state index contributed by atoms with van der Waals surface area (Å²) < 4.78 is 19.1. The minimum atomic E-state index is -0.602. The van der Waals surface area contributed by atoms with Crippen LogP contribution in [-0.4, -0.2) is 16.0 Å². The lowest BCUT2D eigenvalue weighted by molar-refractivity contribution is -0.123. The molecule has 3 aromatic rings. The summed E-state index contributed by atoms with van der Waals surface area (Å²) in [4.78, 5) is 38.0. The average Bonchev–Trinajstić information content (AvgIpc) is 2.91. The lowest BCUT2D eigenvalue weighted by atomic mass is 10.1. The van der Waals surface area contributed by atoms with Crippen molar-refractivity contribution in [3.05, 3.63) is 86.9 Å². The van der Waals surface area contributed by atoms with Gasteiger partial charge in [0.15, 0.2) is 0 Å². The maximum atomic E-state index is 13.8. The second-order valence-corrected chi connectivity index (χ2v) is 6.88. The quantitative estimate of drug-likeness (QED) is 0.503. The Morgan fingerprint density at radius 3 is 2.59 bits per heavy atom. The van der Waals surface area contributed by atoms with Gasteiger partial charge in [-0.1, -0.05) is 36.4 Å². The van der Waals surface area contributed by atoms with Crippen LogP contribution in [0.2, 0.25) is 0 Å². The summed E-state index contributed by atoms with van der Waals surface area (Å²) in [6.45, 7) is -0.166. The van der Waals surface area contributed by atoms with E-state index in [9.17, 15) is 18.8 Å². The van der Waals surface area contributed by atoms with E-state index in [-0.39, 0.29) is 22.6 Å². The standard InChI is InChI=1S/C20H12FNO4S/c21-15-7-3-1-6-13(15)11-22-18(23)17(27-20(22)25)10-14-9-12-5-2-4-8-16(12)26-19(14)24/h1-10H,11H2/b17-10+. The number of imide groups is 1. The number of amides is 2. The highest BCUT2D eigenvalue weighted by molar-refractivity contribution is 8.18. The summed E-state index contributed by atoms with van der Waals surface area (Å²) in [6, 6.07) is 14.5. The zero-order chi connectivity index (χ0) is 19.0. The SMILES string of the molecule is O=C1S/C(=C/c2cc3ccccc3oc2=O)C(=O)N1Cc1ccccc1F. The predicted molar refractivity (Wildman–Crippen MR) is 100 cm³/mol. The molecule has 2 aromatic carbocycles. The zero-order valence-corrected chi connectivity index (χ0v) is 14.7. The average molecular weight is 381 g/mol. The number of hydrogen-bond acceptors (Lipinski definition) is 5. The molecule has 0 saturated carbocycles. The first-order valence-corrected chi connectivity index (χ1v) is 8.86. The Kier molecular flexibility index (Phi) is 4.37. The molecule has 0 aliphatic carbocycles. The van der Waals surface area contributed by atoms with Gasteiger partial charge in [-0.15, -0.1) is 0 Å². The Labute approximate surface area is 157 Å². The van der Waals surface area contributed by atoms with Gasteiger partial charge in [0.2, 0.25) is 0 Å². The molecular weight excluding hydrogens is 369 g/mol. The van der Waals surface area contributed by atoms with Gasteiger partial charge in [-0.05, 0) is 36.0 Å². The number of carbonyl (C=O) groups excluding carboxylic acids is 2. The van der Waals surface area contributed by atoms with E-state index >= 15 is 0 Å². The van der Waals surface area contributed by atoms with Crippen LogP contribution in [0.3, 0.4) is 0 Å². The van der Waals surface area contributed by atoms with Crippen LogP contribution in [-0.2, 0) is 11.3 Å². The Balaban J connectivity index is 1.66. The van der Waals surface area contributed by atoms with E-state index in [2.05, 4.69) is 0 Å². The molecule has 1 aromatic heterocycles. The third kappa shape index (κ3) is 3.29. The van der Waals surface area contributed by atoms with Gasteiger partial charge in [-0.2, -0.15) is 0 Å². The van der Waals surface area contributed by atoms with Crippen molar-refractivity contribution >= 4 is 40.0 Å². The van der Waals surface area contributed by atoms with E-state index in [0.717, 1.165) is 4.90 Å². The predicted octanol–water partition coefficient (Wildman–Crippen LogP) is 4.17. The molecule has 134 valence electrons. The summed E-state index contributed by atoms with van der Waals surface area (Å²) in [6.07, 6.45) is 1.34. The number of para-hydroxylation sites is 1. The first-order chi connectivity index (χ1) is 13.0. The molecule has 0 unspecified atom stereocenters. The molecule has 27 heavy (non-hydrogen) atoms. The number of thioether (sulfide) groups is 1. The smallest absolute Gasteiger partial charge is 0.343 e. The molecule has 4 rings (SSSR count). The molecule has 7 heteroatoms. The number of fused-ring (bicyclic) bond motifs is 1. The Hall–Kier alpha value is -3.19. The lowest BCUT2D eigenvalue weighted by Crippen LogP contribution is -2.28. The summed E-state index contributed by atoms with van der Waals surface area (Å²) >= 11 is 0.711. The second-order valence-electron chi connectivity index (χ2n) is 5.89. The van der Waals surface area contributed by atoms with E-state index in [1.807, 2.05) is 0 Å². The Morgan fingerprint density at radius 2 is 1.78 bits per heavy atom. The van der Waals surface area contributed by atoms with Crippen LogP contribution in [0.25, 0.3) is 17.0 Å². The maximum Gasteiger partial charge on any atom is 0.343 e. The van der Waals surface area contributed by atoms with E-state index in [1.165, 1.54) is 24.3 Å². The number of hydrogen-bond donors (Lipinski definition) is 0. The van der Waals surface area contributed by atoms with Gasteiger partial charge in [0, 0.05) is 10.9 Å². The van der Waals surface area contributed by atoms with Crippen molar-refractivity contribution in [2.75, 3.05) is 0 Å². The minimum absolute atomic E-state index is 0.0962. The van der Waals surface area contributed by atoms with E-state index in [0.29, 0.717) is 22.7 Å². The highest BCUT2D eigenvalue weighted by atomic mass is 32.2. The van der Waals surface area contributed by atoms with E-state index < -0.39 is 22.6 Å². The lowest BCUT2D eigenvalue weighted by Gasteiger charge is -2.12. The van der Waals surface area contributed by atoms with Crippen LogP contribution in [0.5, 0.6) is 0 Å². The molecule has 0 N–H and O–H groups in total. The Morgan fingerprint density at radius 1 is 1.04 bits per heavy atom. The Bertz CT molecular complexity index is 1170. The molecule has 0 radical (unpaired) electrons. The number of benzene rings is 2. The van der Waals surface area contributed by atoms with E-state index in [4.69, 9.17) is 4.42 Å². The molecule has 2 heterocycles. The molecule has 1 fully saturated rings. The molecule has 1 aliphatic rings. The van der Waals surface area contributed by atoms with Crippen molar-refractivity contribution in [3.63, 3.8) is 0 Å². The monoisotopic (exact) mass is 381 g/mol. The highest BCUT2D eigenvalue weighted by Gasteiger charge is 2.35. The van der Waals surface area contributed by atoms with Gasteiger partial charge in [-0.3, -0.25) is 14.5 Å². The normalized spacial score (nSPS) is 15.9. The zero-order valence-electron chi connectivity index (χ0n) is 13.8. The fourth-order valence-electron chi connectivity index (χ4n) is 2.75. The fraction of sp³-hybridized carbons (Fsp3) is 0.0500. The van der Waals surface area contributed by atoms with E-state index in [1.54, 1.807) is 36.4 Å². The number of nitrogens with zero attached hydrogens (tertiary/aromatic N) is 1. The molecule has 5 nitrogen and oxygen atoms in total. The van der Waals surface area contributed by atoms with Crippen LogP contribution in [0.15, 0.2) is 68.7 Å². The molecule has 0 bridgehead atoms. The largest absolute Gasteiger partial charge is 0.422 e. The molecule has 0 spiro atoms. The van der Waals surface area contributed by atoms with Gasteiger partial charge in [0.05, 0.1) is 17.0 Å². The summed E-state index contributed by atoms with van der Waals surface area (Å²) in [5.74, 6) is -1.06. The van der Waals surface area contributed by atoms with Gasteiger partial charge in [0.1, 0.15) is 11.4 Å². The first kappa shape index (κ1) is 17.2. The maximum absolute atomic E-state index is 13.8. The third-order valence-corrected chi connectivity index (χ3v) is 5.02. The number of rotatable bonds is 3. The summed E-state index contributed by atoms with van der Waals surface area (Å²) in [5, 5.41) is 0.189. The molecule has 2 amide bonds. The molecule has 1 saturated heterocycles. The molecular formula is C20H12FNO4S. The highest BCUT2D eigenvalue weighted by Crippen LogP contribution is 2.33. The van der Waals surface area contributed by atoms with Crippen molar-refractivity contribution in [1.29, 1.82) is 0 Å². The van der Waals surface area contributed by atoms with Crippen molar-refractivity contribution in [2.45, 2.75) is 6.54 Å². The van der Waals surface area contributed by atoms with Gasteiger partial charge < -0.3 is 4.42 Å². The molecule has 1 aliphatic heterocycles. The second kappa shape index (κ2) is 6.85. The first-order valence-electron chi connectivity index (χ1n) is 8.04. The number of halogens is 1. The minimum Gasteiger partial charge on any atom is -0.422 e. The van der Waals surface area contributed by atoms with Crippen LogP contribution >= 0.6 is 11.8 Å². The van der Waals surface area contributed by atoms with Gasteiger partial charge >= 0.3 is 5.63 Å². The van der Waals surface area contributed by atoms with Crippen LogP contribution < -0.4 is 5.63 Å². The fourth-order valence-corrected chi connectivity index (χ4v) is 3.58. The van der Waals surface area contributed by atoms with Crippen molar-refractivity contribution < 1.29 is 18.4 Å². The summed E-state index contributed by atoms with van der Waals surface area (Å²) in [5.41, 5.74) is 0.248. The summed E-state index contributed by atoms with van der Waals surface area (Å²) in [7, 11) is 0. The van der Waals surface area contributed by atoms with Crippen molar-refractivity contribution in [3.8, 4) is 0 Å². The number of carbonyl (C=O) groups is 2. The van der Waals surface area contributed by atoms with Crippen molar-refractivity contribution in [1.82, 2.24) is 4.90 Å². The van der Waals surface area contributed by atoms with Crippen LogP contribution in [0, 0.1) is 5.82 Å². The van der Waals surface area contributed by atoms with Gasteiger partial charge in [-0.25, -0.2) is 9.18 Å². The van der Waals surface area contributed by atoms with Crippen LogP contribution in [0.4, 0.5) is 9.18 Å². The topological polar surface area (TPSA) is 67.6 Å². The van der Waals surface area contributed by atoms with Crippen molar-refractivity contribution in [2.24, 2.45) is 0 Å².